The Morgan fingerprint density at radius 3 is 2.44 bits per heavy atom. The molecule has 2 aliphatic rings. The van der Waals surface area contributed by atoms with Crippen LogP contribution in [0.15, 0.2) is 0 Å². The van der Waals surface area contributed by atoms with Crippen LogP contribution in [-0.4, -0.2) is 25.3 Å². The number of carbonyl (C=O) groups is 1. The maximum absolute atomic E-state index is 11.6. The molecule has 104 valence electrons. The molecule has 3 nitrogen and oxygen atoms in total. The van der Waals surface area contributed by atoms with E-state index < -0.39 is 0 Å². The van der Waals surface area contributed by atoms with Gasteiger partial charge in [-0.05, 0) is 44.4 Å². The Bertz CT molecular complexity index is 261. The maximum Gasteiger partial charge on any atom is 0.311 e. The molecule has 0 aromatic heterocycles. The average Bonchev–Trinajstić information content (AvgIpc) is 2.40. The number of hydrogen-bond donors (Lipinski definition) is 0. The van der Waals surface area contributed by atoms with Crippen molar-refractivity contribution in [2.75, 3.05) is 13.2 Å². The molecule has 0 spiro atoms. The fraction of sp³-hybridized carbons (Fsp3) is 0.933. The predicted molar refractivity (Wildman–Crippen MR) is 70.2 cm³/mol. The summed E-state index contributed by atoms with van der Waals surface area (Å²) < 4.78 is 11.0. The Morgan fingerprint density at radius 2 is 1.89 bits per heavy atom. The molecule has 0 bridgehead atoms. The largest absolute Gasteiger partial charge is 0.466 e. The van der Waals surface area contributed by atoms with E-state index in [9.17, 15) is 4.79 Å². The van der Waals surface area contributed by atoms with Crippen molar-refractivity contribution in [1.29, 1.82) is 0 Å². The molecule has 1 saturated carbocycles. The summed E-state index contributed by atoms with van der Waals surface area (Å²) in [6, 6.07) is 0. The highest BCUT2D eigenvalue weighted by atomic mass is 16.5. The third-order valence-electron chi connectivity index (χ3n) is 4.52. The summed E-state index contributed by atoms with van der Waals surface area (Å²) in [4.78, 5) is 11.6. The van der Waals surface area contributed by atoms with Crippen LogP contribution < -0.4 is 0 Å². The SMILES string of the molecule is CCOC(=O)C1CCC(C2CCC(C)CC2)OC1. The van der Waals surface area contributed by atoms with Crippen LogP contribution in [0.25, 0.3) is 0 Å². The maximum atomic E-state index is 11.6. The standard InChI is InChI=1S/C15H26O3/c1-3-17-15(16)13-8-9-14(18-10-13)12-6-4-11(2)5-7-12/h11-14H,3-10H2,1-2H3. The lowest BCUT2D eigenvalue weighted by molar-refractivity contribution is -0.156. The molecule has 0 N–H and O–H groups in total. The minimum absolute atomic E-state index is 0.0243. The van der Waals surface area contributed by atoms with Crippen molar-refractivity contribution in [3.8, 4) is 0 Å². The molecule has 18 heavy (non-hydrogen) atoms. The van der Waals surface area contributed by atoms with Crippen LogP contribution in [0.3, 0.4) is 0 Å². The van der Waals surface area contributed by atoms with Crippen molar-refractivity contribution in [1.82, 2.24) is 0 Å². The van der Waals surface area contributed by atoms with Crippen LogP contribution in [0.5, 0.6) is 0 Å². The molecule has 0 aromatic carbocycles. The van der Waals surface area contributed by atoms with E-state index >= 15 is 0 Å². The highest BCUT2D eigenvalue weighted by molar-refractivity contribution is 5.72. The van der Waals surface area contributed by atoms with Crippen molar-refractivity contribution in [2.24, 2.45) is 17.8 Å². The van der Waals surface area contributed by atoms with Gasteiger partial charge in [-0.3, -0.25) is 4.79 Å². The first-order valence-corrected chi connectivity index (χ1v) is 7.49. The lowest BCUT2D eigenvalue weighted by Crippen LogP contribution is -2.37. The van der Waals surface area contributed by atoms with Gasteiger partial charge in [0.2, 0.25) is 0 Å². The van der Waals surface area contributed by atoms with Gasteiger partial charge in [-0.25, -0.2) is 0 Å². The molecule has 2 unspecified atom stereocenters. The molecule has 1 saturated heterocycles. The van der Waals surface area contributed by atoms with Gasteiger partial charge in [0.05, 0.1) is 25.2 Å². The molecule has 1 heterocycles. The highest BCUT2D eigenvalue weighted by Crippen LogP contribution is 2.35. The van der Waals surface area contributed by atoms with Gasteiger partial charge < -0.3 is 9.47 Å². The average molecular weight is 254 g/mol. The summed E-state index contributed by atoms with van der Waals surface area (Å²) in [5, 5.41) is 0. The van der Waals surface area contributed by atoms with Gasteiger partial charge in [0.15, 0.2) is 0 Å². The van der Waals surface area contributed by atoms with Crippen LogP contribution in [0.2, 0.25) is 0 Å². The fourth-order valence-electron chi connectivity index (χ4n) is 3.25. The van der Waals surface area contributed by atoms with E-state index in [1.165, 1.54) is 25.7 Å². The lowest BCUT2D eigenvalue weighted by Gasteiger charge is -2.36. The minimum Gasteiger partial charge on any atom is -0.466 e. The van der Waals surface area contributed by atoms with Gasteiger partial charge in [-0.1, -0.05) is 19.8 Å². The molecule has 0 aromatic rings. The van der Waals surface area contributed by atoms with Crippen LogP contribution in [-0.2, 0) is 14.3 Å². The van der Waals surface area contributed by atoms with Gasteiger partial charge in [0.25, 0.3) is 0 Å². The Labute approximate surface area is 110 Å². The summed E-state index contributed by atoms with van der Waals surface area (Å²) >= 11 is 0. The van der Waals surface area contributed by atoms with E-state index in [4.69, 9.17) is 9.47 Å². The van der Waals surface area contributed by atoms with Gasteiger partial charge >= 0.3 is 5.97 Å². The van der Waals surface area contributed by atoms with E-state index in [0.717, 1.165) is 24.7 Å². The summed E-state index contributed by atoms with van der Waals surface area (Å²) in [6.45, 7) is 5.23. The zero-order valence-corrected chi connectivity index (χ0v) is 11.7. The van der Waals surface area contributed by atoms with Crippen LogP contribution in [0.1, 0.15) is 52.4 Å². The summed E-state index contributed by atoms with van der Waals surface area (Å²) in [7, 11) is 0. The van der Waals surface area contributed by atoms with Gasteiger partial charge in [-0.15, -0.1) is 0 Å². The normalized spacial score (nSPS) is 37.2. The third-order valence-corrected chi connectivity index (χ3v) is 4.52. The second-order valence-electron chi connectivity index (χ2n) is 5.92. The summed E-state index contributed by atoms with van der Waals surface area (Å²) in [6.07, 6.45) is 7.64. The third kappa shape index (κ3) is 3.47. The zero-order valence-electron chi connectivity index (χ0n) is 11.7. The van der Waals surface area contributed by atoms with Crippen LogP contribution >= 0.6 is 0 Å². The van der Waals surface area contributed by atoms with Gasteiger partial charge in [0.1, 0.15) is 0 Å². The lowest BCUT2D eigenvalue weighted by atomic mass is 9.78. The summed E-state index contributed by atoms with van der Waals surface area (Å²) in [5.74, 6) is 1.51. The van der Waals surface area contributed by atoms with Crippen molar-refractivity contribution in [3.63, 3.8) is 0 Å². The second-order valence-corrected chi connectivity index (χ2v) is 5.92. The number of rotatable bonds is 3. The molecule has 0 radical (unpaired) electrons. The molecule has 2 atom stereocenters. The molecule has 1 aliphatic heterocycles. The molecular formula is C15H26O3. The number of carbonyl (C=O) groups excluding carboxylic acids is 1. The smallest absolute Gasteiger partial charge is 0.311 e. The fourth-order valence-corrected chi connectivity index (χ4v) is 3.25. The minimum atomic E-state index is -0.0757. The van der Waals surface area contributed by atoms with E-state index in [2.05, 4.69) is 6.92 Å². The first-order valence-electron chi connectivity index (χ1n) is 7.49. The van der Waals surface area contributed by atoms with Crippen molar-refractivity contribution in [3.05, 3.63) is 0 Å². The van der Waals surface area contributed by atoms with Crippen molar-refractivity contribution >= 4 is 5.97 Å². The number of esters is 1. The first-order chi connectivity index (χ1) is 8.70. The number of ether oxygens (including phenoxy) is 2. The molecular weight excluding hydrogens is 228 g/mol. The molecule has 0 amide bonds. The van der Waals surface area contributed by atoms with Gasteiger partial charge in [0, 0.05) is 0 Å². The van der Waals surface area contributed by atoms with Crippen LogP contribution in [0.4, 0.5) is 0 Å². The highest BCUT2D eigenvalue weighted by Gasteiger charge is 2.33. The second kappa shape index (κ2) is 6.55. The summed E-state index contributed by atoms with van der Waals surface area (Å²) in [5.41, 5.74) is 0. The van der Waals surface area contributed by atoms with E-state index in [-0.39, 0.29) is 11.9 Å². The van der Waals surface area contributed by atoms with Crippen molar-refractivity contribution in [2.45, 2.75) is 58.5 Å². The topological polar surface area (TPSA) is 35.5 Å². The van der Waals surface area contributed by atoms with Crippen molar-refractivity contribution < 1.29 is 14.3 Å². The Hall–Kier alpha value is -0.570. The van der Waals surface area contributed by atoms with E-state index in [1.54, 1.807) is 0 Å². The zero-order chi connectivity index (χ0) is 13.0. The predicted octanol–water partition coefficient (Wildman–Crippen LogP) is 3.17. The monoisotopic (exact) mass is 254 g/mol. The first kappa shape index (κ1) is 13.9. The van der Waals surface area contributed by atoms with E-state index in [1.807, 2.05) is 6.92 Å². The molecule has 2 rings (SSSR count). The molecule has 3 heteroatoms. The van der Waals surface area contributed by atoms with Gasteiger partial charge in [-0.2, -0.15) is 0 Å². The molecule has 2 fully saturated rings. The van der Waals surface area contributed by atoms with Crippen LogP contribution in [0, 0.1) is 17.8 Å². The Morgan fingerprint density at radius 1 is 1.17 bits per heavy atom. The Balaban J connectivity index is 1.74. The molecule has 1 aliphatic carbocycles. The Kier molecular flexibility index (Phi) is 5.04. The quantitative estimate of drug-likeness (QED) is 0.726. The number of hydrogen-bond acceptors (Lipinski definition) is 3. The van der Waals surface area contributed by atoms with E-state index in [0.29, 0.717) is 19.3 Å².